The summed E-state index contributed by atoms with van der Waals surface area (Å²) < 4.78 is -0.148. The lowest BCUT2D eigenvalue weighted by atomic mass is 10.1. The first-order chi connectivity index (χ1) is 5.02. The molecule has 3 nitrogen and oxygen atoms in total. The number of hydrogen-bond donors (Lipinski definition) is 1. The molecular formula is C8H17NO2. The van der Waals surface area contributed by atoms with Gasteiger partial charge >= 0.3 is 0 Å². The first-order valence-corrected chi connectivity index (χ1v) is 4.26. The SMILES string of the molecule is C[C@H](O)C[C@H]1CCC[N+]1(C)[O-]. The largest absolute Gasteiger partial charge is 0.633 e. The van der Waals surface area contributed by atoms with E-state index in [1.165, 1.54) is 0 Å². The Kier molecular flexibility index (Phi) is 2.52. The lowest BCUT2D eigenvalue weighted by molar-refractivity contribution is -0.873. The predicted octanol–water partition coefficient (Wildman–Crippen LogP) is 0.864. The van der Waals surface area contributed by atoms with Gasteiger partial charge in [0.05, 0.1) is 25.7 Å². The molecule has 0 spiro atoms. The second kappa shape index (κ2) is 3.09. The number of hydroxylamine groups is 3. The number of aliphatic hydroxyl groups excluding tert-OH is 1. The van der Waals surface area contributed by atoms with Crippen LogP contribution >= 0.6 is 0 Å². The fourth-order valence-electron chi connectivity index (χ4n) is 1.83. The van der Waals surface area contributed by atoms with E-state index in [4.69, 9.17) is 5.11 Å². The minimum atomic E-state index is -0.329. The van der Waals surface area contributed by atoms with E-state index in [9.17, 15) is 5.21 Å². The van der Waals surface area contributed by atoms with Crippen LogP contribution in [0.5, 0.6) is 0 Å². The van der Waals surface area contributed by atoms with Crippen LogP contribution < -0.4 is 0 Å². The molecule has 66 valence electrons. The number of likely N-dealkylation sites (tertiary alicyclic amines) is 1. The van der Waals surface area contributed by atoms with Crippen molar-refractivity contribution in [2.24, 2.45) is 0 Å². The Morgan fingerprint density at radius 2 is 2.36 bits per heavy atom. The van der Waals surface area contributed by atoms with Gasteiger partial charge in [-0.3, -0.25) is 0 Å². The van der Waals surface area contributed by atoms with Gasteiger partial charge in [0.25, 0.3) is 0 Å². The topological polar surface area (TPSA) is 43.3 Å². The molecule has 11 heavy (non-hydrogen) atoms. The minimum absolute atomic E-state index is 0.134. The molecule has 1 aliphatic rings. The van der Waals surface area contributed by atoms with Crippen molar-refractivity contribution in [2.45, 2.75) is 38.3 Å². The summed E-state index contributed by atoms with van der Waals surface area (Å²) in [5.41, 5.74) is 0. The maximum Gasteiger partial charge on any atom is 0.0912 e. The summed E-state index contributed by atoms with van der Waals surface area (Å²) in [5, 5.41) is 20.7. The Hall–Kier alpha value is -0.120. The average Bonchev–Trinajstić information content (AvgIpc) is 2.10. The maximum absolute atomic E-state index is 11.6. The number of quaternary nitrogens is 1. The monoisotopic (exact) mass is 159 g/mol. The van der Waals surface area contributed by atoms with Crippen molar-refractivity contribution in [3.63, 3.8) is 0 Å². The molecule has 0 amide bonds. The van der Waals surface area contributed by atoms with E-state index in [2.05, 4.69) is 0 Å². The van der Waals surface area contributed by atoms with Gasteiger partial charge in [0.2, 0.25) is 0 Å². The van der Waals surface area contributed by atoms with Gasteiger partial charge in [-0.2, -0.15) is 0 Å². The van der Waals surface area contributed by atoms with Crippen molar-refractivity contribution in [1.29, 1.82) is 0 Å². The Labute approximate surface area is 67.8 Å². The fraction of sp³-hybridized carbons (Fsp3) is 1.00. The third-order valence-electron chi connectivity index (χ3n) is 2.53. The van der Waals surface area contributed by atoms with Crippen LogP contribution in [0.1, 0.15) is 26.2 Å². The number of rotatable bonds is 2. The van der Waals surface area contributed by atoms with Gasteiger partial charge in [-0.15, -0.1) is 0 Å². The molecule has 1 aliphatic heterocycles. The van der Waals surface area contributed by atoms with Gasteiger partial charge in [-0.25, -0.2) is 0 Å². The molecule has 1 unspecified atom stereocenters. The molecule has 0 aliphatic carbocycles. The highest BCUT2D eigenvalue weighted by Gasteiger charge is 2.31. The summed E-state index contributed by atoms with van der Waals surface area (Å²) in [6.45, 7) is 2.47. The minimum Gasteiger partial charge on any atom is -0.633 e. The standard InChI is InChI=1S/C8H17NO2/c1-7(10)6-8-4-3-5-9(8,2)11/h7-8,10H,3-6H2,1-2H3/t7-,8+,9?/m0/s1. The van der Waals surface area contributed by atoms with Gasteiger partial charge in [0.15, 0.2) is 0 Å². The Morgan fingerprint density at radius 1 is 1.73 bits per heavy atom. The molecule has 1 fully saturated rings. The van der Waals surface area contributed by atoms with E-state index < -0.39 is 0 Å². The Morgan fingerprint density at radius 3 is 2.73 bits per heavy atom. The number of aliphatic hydroxyl groups is 1. The Bertz CT molecular complexity index is 134. The van der Waals surface area contributed by atoms with Crippen LogP contribution in [0.25, 0.3) is 0 Å². The predicted molar refractivity (Wildman–Crippen MR) is 43.7 cm³/mol. The van der Waals surface area contributed by atoms with Crippen LogP contribution in [0.4, 0.5) is 0 Å². The quantitative estimate of drug-likeness (QED) is 0.480. The molecule has 0 aromatic carbocycles. The smallest absolute Gasteiger partial charge is 0.0912 e. The second-order valence-electron chi connectivity index (χ2n) is 3.78. The zero-order valence-corrected chi connectivity index (χ0v) is 7.29. The molecule has 0 aromatic rings. The normalized spacial score (nSPS) is 40.9. The molecular weight excluding hydrogens is 142 g/mol. The van der Waals surface area contributed by atoms with Crippen LogP contribution in [0.2, 0.25) is 0 Å². The van der Waals surface area contributed by atoms with Crippen molar-refractivity contribution in [3.05, 3.63) is 5.21 Å². The van der Waals surface area contributed by atoms with Gasteiger partial charge in [0, 0.05) is 19.3 Å². The molecule has 0 saturated carbocycles. The molecule has 1 heterocycles. The average molecular weight is 159 g/mol. The van der Waals surface area contributed by atoms with Crippen molar-refractivity contribution in [1.82, 2.24) is 0 Å². The summed E-state index contributed by atoms with van der Waals surface area (Å²) in [6, 6.07) is 0.134. The number of hydrogen-bond acceptors (Lipinski definition) is 2. The molecule has 0 aromatic heterocycles. The van der Waals surface area contributed by atoms with E-state index in [0.717, 1.165) is 19.4 Å². The van der Waals surface area contributed by atoms with E-state index in [1.54, 1.807) is 14.0 Å². The van der Waals surface area contributed by atoms with Gasteiger partial charge in [0.1, 0.15) is 0 Å². The van der Waals surface area contributed by atoms with Crippen LogP contribution in [-0.2, 0) is 0 Å². The van der Waals surface area contributed by atoms with Crippen molar-refractivity contribution in [3.8, 4) is 0 Å². The summed E-state index contributed by atoms with van der Waals surface area (Å²) in [7, 11) is 1.71. The fourth-order valence-corrected chi connectivity index (χ4v) is 1.83. The number of nitrogens with zero attached hydrogens (tertiary/aromatic N) is 1. The molecule has 3 atom stereocenters. The van der Waals surface area contributed by atoms with Gasteiger partial charge in [-0.1, -0.05) is 0 Å². The van der Waals surface area contributed by atoms with E-state index in [0.29, 0.717) is 6.42 Å². The lowest BCUT2D eigenvalue weighted by Crippen LogP contribution is -2.43. The zero-order chi connectivity index (χ0) is 8.48. The molecule has 1 rings (SSSR count). The van der Waals surface area contributed by atoms with Crippen LogP contribution in [0.15, 0.2) is 0 Å². The summed E-state index contributed by atoms with van der Waals surface area (Å²) >= 11 is 0. The highest BCUT2D eigenvalue weighted by Crippen LogP contribution is 2.26. The van der Waals surface area contributed by atoms with Crippen LogP contribution in [0.3, 0.4) is 0 Å². The molecule has 3 heteroatoms. The molecule has 0 bridgehead atoms. The van der Waals surface area contributed by atoms with E-state index in [-0.39, 0.29) is 16.8 Å². The summed E-state index contributed by atoms with van der Waals surface area (Å²) in [5.74, 6) is 0. The highest BCUT2D eigenvalue weighted by atomic mass is 16.5. The van der Waals surface area contributed by atoms with Crippen LogP contribution in [-0.4, -0.2) is 35.5 Å². The summed E-state index contributed by atoms with van der Waals surface area (Å²) in [6.07, 6.45) is 2.31. The zero-order valence-electron chi connectivity index (χ0n) is 7.29. The second-order valence-corrected chi connectivity index (χ2v) is 3.78. The van der Waals surface area contributed by atoms with Crippen LogP contribution in [0, 0.1) is 5.21 Å². The third kappa shape index (κ3) is 2.15. The summed E-state index contributed by atoms with van der Waals surface area (Å²) in [4.78, 5) is 0. The maximum atomic E-state index is 11.6. The third-order valence-corrected chi connectivity index (χ3v) is 2.53. The molecule has 1 saturated heterocycles. The first-order valence-electron chi connectivity index (χ1n) is 4.26. The van der Waals surface area contributed by atoms with E-state index >= 15 is 0 Å². The van der Waals surface area contributed by atoms with Crippen molar-refractivity contribution >= 4 is 0 Å². The lowest BCUT2D eigenvalue weighted by Gasteiger charge is -2.40. The van der Waals surface area contributed by atoms with Gasteiger partial charge in [-0.05, 0) is 6.92 Å². The van der Waals surface area contributed by atoms with Crippen molar-refractivity contribution in [2.75, 3.05) is 13.6 Å². The van der Waals surface area contributed by atoms with Crippen molar-refractivity contribution < 1.29 is 9.75 Å². The van der Waals surface area contributed by atoms with E-state index in [1.807, 2.05) is 0 Å². The molecule has 1 N–H and O–H groups in total. The molecule has 0 radical (unpaired) electrons. The first kappa shape index (κ1) is 8.97. The van der Waals surface area contributed by atoms with Gasteiger partial charge < -0.3 is 15.0 Å². The highest BCUT2D eigenvalue weighted by molar-refractivity contribution is 4.69. The Balaban J connectivity index is 2.45.